The number of para-hydroxylation sites is 1. The fourth-order valence-electron chi connectivity index (χ4n) is 4.92. The van der Waals surface area contributed by atoms with Crippen molar-refractivity contribution in [1.82, 2.24) is 19.6 Å². The summed E-state index contributed by atoms with van der Waals surface area (Å²) in [5.74, 6) is 0.824. The van der Waals surface area contributed by atoms with Gasteiger partial charge in [-0.05, 0) is 31.5 Å². The lowest BCUT2D eigenvalue weighted by atomic mass is 9.90. The number of carbonyl (C=O) groups excluding carboxylic acids is 2. The van der Waals surface area contributed by atoms with Gasteiger partial charge in [0.2, 0.25) is 11.8 Å². The molecule has 0 spiro atoms. The third-order valence-corrected chi connectivity index (χ3v) is 7.16. The van der Waals surface area contributed by atoms with Crippen LogP contribution < -0.4 is 4.74 Å². The van der Waals surface area contributed by atoms with E-state index in [0.717, 1.165) is 28.3 Å². The van der Waals surface area contributed by atoms with Gasteiger partial charge in [-0.15, -0.1) is 0 Å². The topological polar surface area (TPSA) is 67.7 Å². The first kappa shape index (κ1) is 25.5. The van der Waals surface area contributed by atoms with E-state index in [0.29, 0.717) is 38.9 Å². The van der Waals surface area contributed by atoms with Crippen LogP contribution >= 0.6 is 0 Å². The molecule has 1 aliphatic heterocycles. The van der Waals surface area contributed by atoms with Crippen molar-refractivity contribution in [2.75, 3.05) is 20.1 Å². The highest BCUT2D eigenvalue weighted by atomic mass is 16.5. The van der Waals surface area contributed by atoms with Gasteiger partial charge in [-0.1, -0.05) is 48.5 Å². The number of aryl methyl sites for hydroxylation is 2. The summed E-state index contributed by atoms with van der Waals surface area (Å²) in [7, 11) is 3.73. The monoisotopic (exact) mass is 488 g/mol. The zero-order valence-electron chi connectivity index (χ0n) is 21.7. The predicted molar refractivity (Wildman–Crippen MR) is 139 cm³/mol. The molecule has 0 N–H and O–H groups in total. The van der Waals surface area contributed by atoms with Gasteiger partial charge in [0, 0.05) is 63.7 Å². The van der Waals surface area contributed by atoms with Gasteiger partial charge in [0.05, 0.1) is 12.1 Å². The largest absolute Gasteiger partial charge is 0.490 e. The fraction of sp³-hybridized carbons (Fsp3) is 0.414. The quantitative estimate of drug-likeness (QED) is 0.482. The number of nitrogens with zero attached hydrogens (tertiary/aromatic N) is 4. The maximum absolute atomic E-state index is 13.3. The molecule has 0 radical (unpaired) electrons. The van der Waals surface area contributed by atoms with E-state index in [9.17, 15) is 9.59 Å². The van der Waals surface area contributed by atoms with Crippen LogP contribution in [0.5, 0.6) is 5.75 Å². The van der Waals surface area contributed by atoms with Gasteiger partial charge in [-0.2, -0.15) is 5.10 Å². The predicted octanol–water partition coefficient (Wildman–Crippen LogP) is 3.92. The Kier molecular flexibility index (Phi) is 8.08. The molecule has 4 rings (SSSR count). The summed E-state index contributed by atoms with van der Waals surface area (Å²) in [4.78, 5) is 30.2. The molecule has 2 atom stereocenters. The Bertz CT molecular complexity index is 1180. The van der Waals surface area contributed by atoms with Crippen LogP contribution in [0.1, 0.15) is 35.4 Å². The molecule has 2 amide bonds. The lowest BCUT2D eigenvalue weighted by Gasteiger charge is -2.39. The molecule has 1 aliphatic rings. The number of carbonyl (C=O) groups is 2. The highest BCUT2D eigenvalue weighted by molar-refractivity contribution is 5.80. The van der Waals surface area contributed by atoms with E-state index in [1.54, 1.807) is 4.90 Å². The number of rotatable bonds is 8. The standard InChI is InChI=1S/C29H36N4O3/c1-21-26(22(2)32(4)30-21)18-29(35)33-16-15-27(36-25-13-9-6-10-14-25)24(20-33)17-28(34)31(3)19-23-11-7-5-8-12-23/h5-14,24,27H,15-20H2,1-4H3/t24-,27-/m0/s1. The normalized spacial score (nSPS) is 17.6. The van der Waals surface area contributed by atoms with Gasteiger partial charge in [0.1, 0.15) is 11.9 Å². The van der Waals surface area contributed by atoms with Gasteiger partial charge in [-0.25, -0.2) is 0 Å². The Balaban J connectivity index is 1.46. The molecule has 190 valence electrons. The number of amides is 2. The summed E-state index contributed by atoms with van der Waals surface area (Å²) in [5, 5.41) is 4.45. The lowest BCUT2D eigenvalue weighted by molar-refractivity contribution is -0.138. The second-order valence-electron chi connectivity index (χ2n) is 9.75. The summed E-state index contributed by atoms with van der Waals surface area (Å²) in [6.45, 7) is 5.60. The molecule has 1 aromatic heterocycles. The zero-order valence-corrected chi connectivity index (χ0v) is 21.7. The Hall–Kier alpha value is -3.61. The Labute approximate surface area is 213 Å². The molecular formula is C29H36N4O3. The molecule has 0 bridgehead atoms. The second-order valence-corrected chi connectivity index (χ2v) is 9.75. The second kappa shape index (κ2) is 11.4. The van der Waals surface area contributed by atoms with Gasteiger partial charge in [0.15, 0.2) is 0 Å². The minimum Gasteiger partial charge on any atom is -0.490 e. The first-order valence-electron chi connectivity index (χ1n) is 12.6. The number of benzene rings is 2. The lowest BCUT2D eigenvalue weighted by Crippen LogP contribution is -2.49. The highest BCUT2D eigenvalue weighted by Gasteiger charge is 2.35. The fourth-order valence-corrected chi connectivity index (χ4v) is 4.92. The molecule has 2 heterocycles. The van der Waals surface area contributed by atoms with Gasteiger partial charge in [-0.3, -0.25) is 14.3 Å². The van der Waals surface area contributed by atoms with Crippen LogP contribution in [0.15, 0.2) is 60.7 Å². The molecule has 0 aliphatic carbocycles. The van der Waals surface area contributed by atoms with Crippen molar-refractivity contribution >= 4 is 11.8 Å². The molecule has 7 nitrogen and oxygen atoms in total. The van der Waals surface area contributed by atoms with Crippen LogP contribution in [-0.4, -0.2) is 57.6 Å². The number of ether oxygens (including phenoxy) is 1. The molecule has 36 heavy (non-hydrogen) atoms. The van der Waals surface area contributed by atoms with Crippen molar-refractivity contribution < 1.29 is 14.3 Å². The van der Waals surface area contributed by atoms with Crippen LogP contribution in [-0.2, 0) is 29.6 Å². The van der Waals surface area contributed by atoms with Crippen LogP contribution in [0.3, 0.4) is 0 Å². The minimum atomic E-state index is -0.132. The third kappa shape index (κ3) is 6.14. The number of likely N-dealkylation sites (tertiary alicyclic amines) is 1. The average Bonchev–Trinajstić information content (AvgIpc) is 3.12. The van der Waals surface area contributed by atoms with Crippen molar-refractivity contribution in [3.8, 4) is 5.75 Å². The van der Waals surface area contributed by atoms with E-state index in [4.69, 9.17) is 4.74 Å². The van der Waals surface area contributed by atoms with E-state index in [-0.39, 0.29) is 23.8 Å². The SMILES string of the molecule is Cc1nn(C)c(C)c1CC(=O)N1CC[C@H](Oc2ccccc2)[C@@H](CC(=O)N(C)Cc2ccccc2)C1. The number of piperidine rings is 1. The van der Waals surface area contributed by atoms with Crippen LogP contribution in [0.25, 0.3) is 0 Å². The molecule has 2 aromatic carbocycles. The summed E-state index contributed by atoms with van der Waals surface area (Å²) in [5.41, 5.74) is 3.98. The summed E-state index contributed by atoms with van der Waals surface area (Å²) >= 11 is 0. The minimum absolute atomic E-state index is 0.0544. The van der Waals surface area contributed by atoms with Crippen molar-refractivity contribution in [1.29, 1.82) is 0 Å². The molecule has 7 heteroatoms. The van der Waals surface area contributed by atoms with Gasteiger partial charge < -0.3 is 14.5 Å². The zero-order chi connectivity index (χ0) is 25.7. The van der Waals surface area contributed by atoms with Crippen molar-refractivity contribution in [3.63, 3.8) is 0 Å². The number of hydrogen-bond acceptors (Lipinski definition) is 4. The Morgan fingerprint density at radius 3 is 2.36 bits per heavy atom. The highest BCUT2D eigenvalue weighted by Crippen LogP contribution is 2.27. The van der Waals surface area contributed by atoms with Crippen LogP contribution in [0, 0.1) is 19.8 Å². The van der Waals surface area contributed by atoms with Gasteiger partial charge in [0.25, 0.3) is 0 Å². The van der Waals surface area contributed by atoms with Crippen molar-refractivity contribution in [3.05, 3.63) is 83.2 Å². The maximum Gasteiger partial charge on any atom is 0.227 e. The summed E-state index contributed by atoms with van der Waals surface area (Å²) < 4.78 is 8.15. The smallest absolute Gasteiger partial charge is 0.227 e. The molecule has 1 saturated heterocycles. The van der Waals surface area contributed by atoms with Gasteiger partial charge >= 0.3 is 0 Å². The number of hydrogen-bond donors (Lipinski definition) is 0. The third-order valence-electron chi connectivity index (χ3n) is 7.16. The van der Waals surface area contributed by atoms with Crippen LogP contribution in [0.4, 0.5) is 0 Å². The summed E-state index contributed by atoms with van der Waals surface area (Å²) in [6, 6.07) is 19.7. The Morgan fingerprint density at radius 2 is 1.72 bits per heavy atom. The number of aromatic nitrogens is 2. The first-order chi connectivity index (χ1) is 17.3. The molecular weight excluding hydrogens is 452 g/mol. The average molecular weight is 489 g/mol. The van der Waals surface area contributed by atoms with Crippen molar-refractivity contribution in [2.24, 2.45) is 13.0 Å². The summed E-state index contributed by atoms with van der Waals surface area (Å²) in [6.07, 6.45) is 1.21. The van der Waals surface area contributed by atoms with E-state index < -0.39 is 0 Å². The van der Waals surface area contributed by atoms with E-state index in [2.05, 4.69) is 5.10 Å². The molecule has 0 saturated carbocycles. The maximum atomic E-state index is 13.3. The van der Waals surface area contributed by atoms with E-state index in [1.807, 2.05) is 98.2 Å². The molecule has 3 aromatic rings. The van der Waals surface area contributed by atoms with E-state index >= 15 is 0 Å². The van der Waals surface area contributed by atoms with Crippen molar-refractivity contribution in [2.45, 2.75) is 45.8 Å². The van der Waals surface area contributed by atoms with E-state index in [1.165, 1.54) is 0 Å². The van der Waals surface area contributed by atoms with Crippen LogP contribution in [0.2, 0.25) is 0 Å². The first-order valence-corrected chi connectivity index (χ1v) is 12.6. The molecule has 0 unspecified atom stereocenters. The molecule has 1 fully saturated rings. The Morgan fingerprint density at radius 1 is 1.06 bits per heavy atom.